The van der Waals surface area contributed by atoms with Crippen LogP contribution >= 0.6 is 0 Å². The van der Waals surface area contributed by atoms with Crippen molar-refractivity contribution in [1.29, 1.82) is 5.26 Å². The van der Waals surface area contributed by atoms with Crippen molar-refractivity contribution in [3.8, 4) is 6.07 Å². The second kappa shape index (κ2) is 4.99. The first-order chi connectivity index (χ1) is 9.03. The first-order valence-electron chi connectivity index (χ1n) is 5.02. The normalized spacial score (nSPS) is 10.7. The Morgan fingerprint density at radius 1 is 1.26 bits per heavy atom. The van der Waals surface area contributed by atoms with Crippen LogP contribution in [0.25, 0.3) is 0 Å². The standard InChI is InChI=1S/C11H7FN4O2S/c12-9-6-8(7-13)2-3-10(9)19(17,18)16-11-14-4-1-5-15-11/h1-6H,(H,14,15,16). The maximum absolute atomic E-state index is 13.6. The number of hydrogen-bond donors (Lipinski definition) is 1. The molecule has 0 amide bonds. The van der Waals surface area contributed by atoms with Gasteiger partial charge in [-0.3, -0.25) is 0 Å². The van der Waals surface area contributed by atoms with Crippen LogP contribution in [0.4, 0.5) is 10.3 Å². The molecule has 0 spiro atoms. The lowest BCUT2D eigenvalue weighted by atomic mass is 10.2. The summed E-state index contributed by atoms with van der Waals surface area (Å²) in [6, 6.07) is 6.30. The average molecular weight is 278 g/mol. The maximum atomic E-state index is 13.6. The monoisotopic (exact) mass is 278 g/mol. The van der Waals surface area contributed by atoms with Gasteiger partial charge >= 0.3 is 0 Å². The zero-order chi connectivity index (χ0) is 13.9. The number of nitrogens with one attached hydrogen (secondary N) is 1. The molecule has 2 aromatic rings. The molecule has 0 atom stereocenters. The van der Waals surface area contributed by atoms with Gasteiger partial charge in [0.25, 0.3) is 10.0 Å². The van der Waals surface area contributed by atoms with Crippen molar-refractivity contribution in [2.75, 3.05) is 4.72 Å². The fourth-order valence-corrected chi connectivity index (χ4v) is 2.33. The van der Waals surface area contributed by atoms with Crippen molar-refractivity contribution in [1.82, 2.24) is 9.97 Å². The second-order valence-corrected chi connectivity index (χ2v) is 5.09. The molecule has 0 saturated carbocycles. The molecule has 1 aromatic heterocycles. The molecule has 0 aliphatic heterocycles. The van der Waals surface area contributed by atoms with Gasteiger partial charge in [0.2, 0.25) is 5.95 Å². The number of rotatable bonds is 3. The predicted octanol–water partition coefficient (Wildman–Crippen LogP) is 1.29. The molecule has 6 nitrogen and oxygen atoms in total. The molecule has 0 aliphatic rings. The minimum absolute atomic E-state index is 0.0346. The van der Waals surface area contributed by atoms with Crippen LogP contribution in [0, 0.1) is 17.1 Å². The largest absolute Gasteiger partial charge is 0.267 e. The van der Waals surface area contributed by atoms with Crippen LogP contribution in [0.3, 0.4) is 0 Å². The highest BCUT2D eigenvalue weighted by atomic mass is 32.2. The van der Waals surface area contributed by atoms with Gasteiger partial charge in [0.15, 0.2) is 0 Å². The molecule has 0 fully saturated rings. The molecule has 0 radical (unpaired) electrons. The van der Waals surface area contributed by atoms with Gasteiger partial charge in [-0.05, 0) is 24.3 Å². The minimum atomic E-state index is -4.13. The Labute approximate surface area is 108 Å². The molecule has 0 aliphatic carbocycles. The molecule has 0 saturated heterocycles. The van der Waals surface area contributed by atoms with E-state index in [2.05, 4.69) is 9.97 Å². The molecule has 2 rings (SSSR count). The number of nitriles is 1. The Kier molecular flexibility index (Phi) is 3.39. The smallest absolute Gasteiger partial charge is 0.247 e. The molecule has 19 heavy (non-hydrogen) atoms. The quantitative estimate of drug-likeness (QED) is 0.912. The van der Waals surface area contributed by atoms with Gasteiger partial charge in [0.1, 0.15) is 10.7 Å². The minimum Gasteiger partial charge on any atom is -0.247 e. The molecule has 1 N–H and O–H groups in total. The van der Waals surface area contributed by atoms with Crippen LogP contribution in [0.5, 0.6) is 0 Å². The Morgan fingerprint density at radius 2 is 1.95 bits per heavy atom. The van der Waals surface area contributed by atoms with Crippen molar-refractivity contribution in [2.24, 2.45) is 0 Å². The third-order valence-electron chi connectivity index (χ3n) is 2.14. The van der Waals surface area contributed by atoms with Crippen LogP contribution < -0.4 is 4.72 Å². The third-order valence-corrected chi connectivity index (χ3v) is 3.50. The summed E-state index contributed by atoms with van der Waals surface area (Å²) in [5.74, 6) is -1.17. The zero-order valence-electron chi connectivity index (χ0n) is 9.41. The highest BCUT2D eigenvalue weighted by Crippen LogP contribution is 2.17. The van der Waals surface area contributed by atoms with E-state index >= 15 is 0 Å². The SMILES string of the molecule is N#Cc1ccc(S(=O)(=O)Nc2ncccn2)c(F)c1. The number of aromatic nitrogens is 2. The Balaban J connectivity index is 2.38. The molecular weight excluding hydrogens is 271 g/mol. The highest BCUT2D eigenvalue weighted by molar-refractivity contribution is 7.92. The van der Waals surface area contributed by atoms with Crippen molar-refractivity contribution in [3.63, 3.8) is 0 Å². The third kappa shape index (κ3) is 2.83. The van der Waals surface area contributed by atoms with Crippen LogP contribution in [-0.2, 0) is 10.0 Å². The summed E-state index contributed by atoms with van der Waals surface area (Å²) < 4.78 is 39.5. The van der Waals surface area contributed by atoms with E-state index in [1.165, 1.54) is 24.5 Å². The lowest BCUT2D eigenvalue weighted by molar-refractivity contribution is 0.570. The van der Waals surface area contributed by atoms with E-state index in [1.54, 1.807) is 6.07 Å². The Morgan fingerprint density at radius 3 is 2.53 bits per heavy atom. The lowest BCUT2D eigenvalue weighted by Crippen LogP contribution is -2.16. The summed E-state index contributed by atoms with van der Waals surface area (Å²) in [6.45, 7) is 0. The van der Waals surface area contributed by atoms with Gasteiger partial charge in [-0.25, -0.2) is 27.5 Å². The number of hydrogen-bond acceptors (Lipinski definition) is 5. The topological polar surface area (TPSA) is 95.7 Å². The fourth-order valence-electron chi connectivity index (χ4n) is 1.32. The molecular formula is C11H7FN4O2S. The van der Waals surface area contributed by atoms with Crippen molar-refractivity contribution < 1.29 is 12.8 Å². The van der Waals surface area contributed by atoms with Crippen molar-refractivity contribution in [3.05, 3.63) is 48.0 Å². The highest BCUT2D eigenvalue weighted by Gasteiger charge is 2.20. The van der Waals surface area contributed by atoms with E-state index in [9.17, 15) is 12.8 Å². The number of benzene rings is 1. The predicted molar refractivity (Wildman–Crippen MR) is 64.0 cm³/mol. The van der Waals surface area contributed by atoms with Gasteiger partial charge in [0.05, 0.1) is 11.6 Å². The number of anilines is 1. The maximum Gasteiger partial charge on any atom is 0.267 e. The summed E-state index contributed by atoms with van der Waals surface area (Å²) in [7, 11) is -4.13. The molecule has 96 valence electrons. The Hall–Kier alpha value is -2.53. The van der Waals surface area contributed by atoms with Crippen LogP contribution in [0.1, 0.15) is 5.56 Å². The number of sulfonamides is 1. The van der Waals surface area contributed by atoms with Crippen LogP contribution in [-0.4, -0.2) is 18.4 Å². The summed E-state index contributed by atoms with van der Waals surface area (Å²) in [5.41, 5.74) is 0.0346. The van der Waals surface area contributed by atoms with E-state index < -0.39 is 20.7 Å². The van der Waals surface area contributed by atoms with E-state index in [1.807, 2.05) is 4.72 Å². The zero-order valence-corrected chi connectivity index (χ0v) is 10.2. The first kappa shape index (κ1) is 12.9. The van der Waals surface area contributed by atoms with Crippen LogP contribution in [0.15, 0.2) is 41.6 Å². The fraction of sp³-hybridized carbons (Fsp3) is 0. The first-order valence-corrected chi connectivity index (χ1v) is 6.51. The molecule has 1 heterocycles. The molecule has 1 aromatic carbocycles. The lowest BCUT2D eigenvalue weighted by Gasteiger charge is -2.07. The second-order valence-electron chi connectivity index (χ2n) is 3.43. The van der Waals surface area contributed by atoms with E-state index in [0.717, 1.165) is 12.1 Å². The van der Waals surface area contributed by atoms with E-state index in [0.29, 0.717) is 0 Å². The summed E-state index contributed by atoms with van der Waals surface area (Å²) >= 11 is 0. The van der Waals surface area contributed by atoms with Gasteiger partial charge in [0, 0.05) is 12.4 Å². The molecule has 0 unspecified atom stereocenters. The molecule has 0 bridgehead atoms. The summed E-state index contributed by atoms with van der Waals surface area (Å²) in [5, 5.41) is 8.59. The van der Waals surface area contributed by atoms with Crippen molar-refractivity contribution in [2.45, 2.75) is 4.90 Å². The van der Waals surface area contributed by atoms with Gasteiger partial charge in [-0.2, -0.15) is 5.26 Å². The number of halogens is 1. The average Bonchev–Trinajstić information content (AvgIpc) is 2.38. The summed E-state index contributed by atoms with van der Waals surface area (Å²) in [6.07, 6.45) is 2.69. The van der Waals surface area contributed by atoms with Crippen LogP contribution in [0.2, 0.25) is 0 Å². The van der Waals surface area contributed by atoms with Gasteiger partial charge in [-0.1, -0.05) is 0 Å². The Bertz CT molecular complexity index is 741. The number of nitrogens with zero attached hydrogens (tertiary/aromatic N) is 3. The van der Waals surface area contributed by atoms with Gasteiger partial charge in [-0.15, -0.1) is 0 Å². The summed E-state index contributed by atoms with van der Waals surface area (Å²) in [4.78, 5) is 6.78. The van der Waals surface area contributed by atoms with Gasteiger partial charge < -0.3 is 0 Å². The molecule has 8 heteroatoms. The van der Waals surface area contributed by atoms with Crippen molar-refractivity contribution >= 4 is 16.0 Å². The van der Waals surface area contributed by atoms with E-state index in [-0.39, 0.29) is 11.5 Å². The van der Waals surface area contributed by atoms with E-state index in [4.69, 9.17) is 5.26 Å².